The van der Waals surface area contributed by atoms with Gasteiger partial charge in [-0.2, -0.15) is 0 Å². The van der Waals surface area contributed by atoms with Crippen LogP contribution in [0.4, 0.5) is 18.9 Å². The van der Waals surface area contributed by atoms with Gasteiger partial charge in [-0.15, -0.1) is 13.2 Å². The van der Waals surface area contributed by atoms with Gasteiger partial charge in [0.1, 0.15) is 5.75 Å². The second kappa shape index (κ2) is 6.00. The maximum atomic E-state index is 12.1. The van der Waals surface area contributed by atoms with E-state index in [1.165, 1.54) is 18.2 Å². The van der Waals surface area contributed by atoms with Gasteiger partial charge in [0, 0.05) is 12.7 Å². The fraction of sp³-hybridized carbons (Fsp3) is 0.154. The van der Waals surface area contributed by atoms with Gasteiger partial charge in [-0.3, -0.25) is 4.98 Å². The number of halogens is 4. The lowest BCUT2D eigenvalue weighted by molar-refractivity contribution is -0.274. The van der Waals surface area contributed by atoms with E-state index in [1.807, 2.05) is 0 Å². The Morgan fingerprint density at radius 1 is 1.25 bits per heavy atom. The minimum Gasteiger partial charge on any atom is -0.406 e. The molecule has 0 aliphatic heterocycles. The summed E-state index contributed by atoms with van der Waals surface area (Å²) in [6, 6.07) is 7.34. The van der Waals surface area contributed by atoms with Gasteiger partial charge in [0.25, 0.3) is 0 Å². The standard InChI is InChI=1S/C13H10ClF3N2O/c14-11-4-5-18-8-12(11)19-7-9-2-1-3-10(6-9)20-13(15,16)17/h1-6,8,19H,7H2. The van der Waals surface area contributed by atoms with Crippen LogP contribution in [0.15, 0.2) is 42.7 Å². The summed E-state index contributed by atoms with van der Waals surface area (Å²) in [4.78, 5) is 3.90. The monoisotopic (exact) mass is 302 g/mol. The van der Waals surface area contributed by atoms with Crippen molar-refractivity contribution < 1.29 is 17.9 Å². The second-order valence-electron chi connectivity index (χ2n) is 3.90. The molecule has 1 heterocycles. The summed E-state index contributed by atoms with van der Waals surface area (Å²) < 4.78 is 40.2. The van der Waals surface area contributed by atoms with Gasteiger partial charge in [-0.25, -0.2) is 0 Å². The van der Waals surface area contributed by atoms with E-state index in [0.29, 0.717) is 22.8 Å². The van der Waals surface area contributed by atoms with Crippen molar-refractivity contribution in [1.82, 2.24) is 4.98 Å². The van der Waals surface area contributed by atoms with Crippen molar-refractivity contribution in [2.45, 2.75) is 12.9 Å². The molecule has 0 saturated carbocycles. The molecule has 0 aliphatic carbocycles. The predicted octanol–water partition coefficient (Wildman–Crippen LogP) is 4.25. The number of benzene rings is 1. The predicted molar refractivity (Wildman–Crippen MR) is 69.7 cm³/mol. The first-order valence-electron chi connectivity index (χ1n) is 5.62. The van der Waals surface area contributed by atoms with E-state index < -0.39 is 6.36 Å². The lowest BCUT2D eigenvalue weighted by Gasteiger charge is -2.11. The molecule has 0 bridgehead atoms. The van der Waals surface area contributed by atoms with Crippen molar-refractivity contribution >= 4 is 17.3 Å². The third-order valence-corrected chi connectivity index (χ3v) is 2.71. The number of hydrogen-bond donors (Lipinski definition) is 1. The third-order valence-electron chi connectivity index (χ3n) is 2.38. The minimum atomic E-state index is -4.70. The minimum absolute atomic E-state index is 0.255. The average molecular weight is 303 g/mol. The average Bonchev–Trinajstić information content (AvgIpc) is 2.36. The molecule has 1 N–H and O–H groups in total. The highest BCUT2D eigenvalue weighted by atomic mass is 35.5. The lowest BCUT2D eigenvalue weighted by Crippen LogP contribution is -2.17. The molecule has 1 aromatic heterocycles. The maximum Gasteiger partial charge on any atom is 0.573 e. The van der Waals surface area contributed by atoms with Crippen LogP contribution in [0.1, 0.15) is 5.56 Å². The van der Waals surface area contributed by atoms with E-state index in [2.05, 4.69) is 15.0 Å². The fourth-order valence-electron chi connectivity index (χ4n) is 1.56. The summed E-state index contributed by atoms with van der Waals surface area (Å²) in [7, 11) is 0. The van der Waals surface area contributed by atoms with Gasteiger partial charge in [0.15, 0.2) is 0 Å². The van der Waals surface area contributed by atoms with Crippen LogP contribution in [0.3, 0.4) is 0 Å². The molecule has 106 valence electrons. The maximum absolute atomic E-state index is 12.1. The highest BCUT2D eigenvalue weighted by Crippen LogP contribution is 2.24. The Bertz CT molecular complexity index is 590. The van der Waals surface area contributed by atoms with Gasteiger partial charge in [-0.05, 0) is 23.8 Å². The van der Waals surface area contributed by atoms with E-state index in [0.717, 1.165) is 0 Å². The Morgan fingerprint density at radius 2 is 2.05 bits per heavy atom. The van der Waals surface area contributed by atoms with Crippen LogP contribution in [-0.4, -0.2) is 11.3 Å². The molecule has 0 fully saturated rings. The Labute approximate surface area is 118 Å². The number of hydrogen-bond acceptors (Lipinski definition) is 3. The van der Waals surface area contributed by atoms with E-state index in [4.69, 9.17) is 11.6 Å². The Kier molecular flexibility index (Phi) is 4.34. The van der Waals surface area contributed by atoms with Crippen molar-refractivity contribution in [3.63, 3.8) is 0 Å². The van der Waals surface area contributed by atoms with Crippen molar-refractivity contribution in [3.05, 3.63) is 53.3 Å². The van der Waals surface area contributed by atoms with Crippen molar-refractivity contribution in [2.75, 3.05) is 5.32 Å². The van der Waals surface area contributed by atoms with Gasteiger partial charge in [-0.1, -0.05) is 23.7 Å². The molecule has 3 nitrogen and oxygen atoms in total. The summed E-state index contributed by atoms with van der Waals surface area (Å²) in [6.07, 6.45) is -1.61. The summed E-state index contributed by atoms with van der Waals surface area (Å²) in [5.74, 6) is -0.255. The van der Waals surface area contributed by atoms with Gasteiger partial charge >= 0.3 is 6.36 Å². The number of aromatic nitrogens is 1. The van der Waals surface area contributed by atoms with Crippen molar-refractivity contribution in [1.29, 1.82) is 0 Å². The summed E-state index contributed by atoms with van der Waals surface area (Å²) in [5.41, 5.74) is 1.24. The molecule has 0 saturated heterocycles. The van der Waals surface area contributed by atoms with Gasteiger partial charge in [0.05, 0.1) is 16.9 Å². The highest BCUT2D eigenvalue weighted by Gasteiger charge is 2.31. The number of ether oxygens (including phenoxy) is 1. The van der Waals surface area contributed by atoms with Crippen LogP contribution in [0.25, 0.3) is 0 Å². The van der Waals surface area contributed by atoms with E-state index in [1.54, 1.807) is 24.5 Å². The molecule has 7 heteroatoms. The van der Waals surface area contributed by atoms with Crippen LogP contribution < -0.4 is 10.1 Å². The lowest BCUT2D eigenvalue weighted by atomic mass is 10.2. The van der Waals surface area contributed by atoms with Crippen LogP contribution in [0, 0.1) is 0 Å². The van der Waals surface area contributed by atoms with Crippen LogP contribution in [0.2, 0.25) is 5.02 Å². The van der Waals surface area contributed by atoms with Crippen LogP contribution in [0.5, 0.6) is 5.75 Å². The molecule has 0 aliphatic rings. The zero-order valence-electron chi connectivity index (χ0n) is 10.1. The number of anilines is 1. The quantitative estimate of drug-likeness (QED) is 0.917. The molecule has 0 spiro atoms. The largest absolute Gasteiger partial charge is 0.573 e. The Hall–Kier alpha value is -1.95. The van der Waals surface area contributed by atoms with Crippen LogP contribution in [-0.2, 0) is 6.54 Å². The van der Waals surface area contributed by atoms with Crippen molar-refractivity contribution in [2.24, 2.45) is 0 Å². The SMILES string of the molecule is FC(F)(F)Oc1cccc(CNc2cnccc2Cl)c1. The number of rotatable bonds is 4. The fourth-order valence-corrected chi connectivity index (χ4v) is 1.73. The van der Waals surface area contributed by atoms with Crippen molar-refractivity contribution in [3.8, 4) is 5.75 Å². The van der Waals surface area contributed by atoms with Gasteiger partial charge in [0.2, 0.25) is 0 Å². The highest BCUT2D eigenvalue weighted by molar-refractivity contribution is 6.33. The molecule has 0 amide bonds. The first-order valence-corrected chi connectivity index (χ1v) is 6.00. The second-order valence-corrected chi connectivity index (χ2v) is 4.31. The van der Waals surface area contributed by atoms with E-state index in [-0.39, 0.29) is 5.75 Å². The van der Waals surface area contributed by atoms with E-state index >= 15 is 0 Å². The Morgan fingerprint density at radius 3 is 2.75 bits per heavy atom. The number of nitrogens with one attached hydrogen (secondary N) is 1. The smallest absolute Gasteiger partial charge is 0.406 e. The Balaban J connectivity index is 2.03. The zero-order chi connectivity index (χ0) is 14.6. The first kappa shape index (κ1) is 14.5. The molecule has 0 unspecified atom stereocenters. The molecule has 2 aromatic rings. The topological polar surface area (TPSA) is 34.1 Å². The molecule has 0 atom stereocenters. The van der Waals surface area contributed by atoms with Crippen LogP contribution >= 0.6 is 11.6 Å². The third kappa shape index (κ3) is 4.31. The summed E-state index contributed by atoms with van der Waals surface area (Å²) in [5, 5.41) is 3.48. The van der Waals surface area contributed by atoms with E-state index in [9.17, 15) is 13.2 Å². The molecule has 2 rings (SSSR count). The first-order chi connectivity index (χ1) is 9.44. The molecular weight excluding hydrogens is 293 g/mol. The number of pyridine rings is 1. The summed E-state index contributed by atoms with van der Waals surface area (Å²) in [6.45, 7) is 0.306. The molecule has 20 heavy (non-hydrogen) atoms. The molecule has 1 aromatic carbocycles. The zero-order valence-corrected chi connectivity index (χ0v) is 10.9. The number of nitrogens with zero attached hydrogens (tertiary/aromatic N) is 1. The molecule has 0 radical (unpaired) electrons. The number of alkyl halides is 3. The normalized spacial score (nSPS) is 11.2. The summed E-state index contributed by atoms with van der Waals surface area (Å²) >= 11 is 5.93. The van der Waals surface area contributed by atoms with Gasteiger partial charge < -0.3 is 10.1 Å². The molecular formula is C13H10ClF3N2O.